The Bertz CT molecular complexity index is 771. The third-order valence-electron chi connectivity index (χ3n) is 5.51. The van der Waals surface area contributed by atoms with E-state index in [1.807, 2.05) is 0 Å². The quantitative estimate of drug-likeness (QED) is 0.763. The van der Waals surface area contributed by atoms with Crippen molar-refractivity contribution in [1.29, 1.82) is 0 Å². The summed E-state index contributed by atoms with van der Waals surface area (Å²) < 4.78 is 13.1. The van der Waals surface area contributed by atoms with Crippen LogP contribution in [0.3, 0.4) is 0 Å². The zero-order valence-corrected chi connectivity index (χ0v) is 17.0. The monoisotopic (exact) mass is 370 g/mol. The Morgan fingerprint density at radius 2 is 1.89 bits per heavy atom. The number of hydrogen-bond acceptors (Lipinski definition) is 2. The van der Waals surface area contributed by atoms with E-state index in [1.54, 1.807) is 12.1 Å². The van der Waals surface area contributed by atoms with Crippen molar-refractivity contribution in [2.75, 3.05) is 5.32 Å². The molecule has 0 radical (unpaired) electrons. The lowest BCUT2D eigenvalue weighted by atomic mass is 9.82. The van der Waals surface area contributed by atoms with Gasteiger partial charge in [-0.25, -0.2) is 4.39 Å². The van der Waals surface area contributed by atoms with Gasteiger partial charge in [-0.05, 0) is 72.1 Å². The van der Waals surface area contributed by atoms with Crippen molar-refractivity contribution in [2.24, 2.45) is 11.3 Å². The fourth-order valence-corrected chi connectivity index (χ4v) is 4.24. The van der Waals surface area contributed by atoms with Gasteiger partial charge in [0.15, 0.2) is 0 Å². The SMILES string of the molecule is CC1=C2CCC(Nc3ccc(F)cc3)C2=CC(C)C1NC(=O)CC(C)(C)C. The Kier molecular flexibility index (Phi) is 5.45. The molecule has 0 heterocycles. The second-order valence-corrected chi connectivity index (χ2v) is 9.17. The molecular formula is C23H31FN2O. The lowest BCUT2D eigenvalue weighted by Gasteiger charge is -2.32. The molecule has 1 fully saturated rings. The molecular weight excluding hydrogens is 339 g/mol. The Balaban J connectivity index is 1.73. The highest BCUT2D eigenvalue weighted by atomic mass is 19.1. The fourth-order valence-electron chi connectivity index (χ4n) is 4.24. The number of fused-ring (bicyclic) bond motifs is 1. The molecule has 1 amide bonds. The lowest BCUT2D eigenvalue weighted by Crippen LogP contribution is -2.43. The molecule has 1 aromatic carbocycles. The van der Waals surface area contributed by atoms with Gasteiger partial charge in [0.1, 0.15) is 5.82 Å². The molecule has 1 aromatic rings. The zero-order chi connectivity index (χ0) is 19.8. The van der Waals surface area contributed by atoms with Crippen molar-refractivity contribution < 1.29 is 9.18 Å². The number of nitrogens with one attached hydrogen (secondary N) is 2. The third kappa shape index (κ3) is 4.60. The Morgan fingerprint density at radius 3 is 2.52 bits per heavy atom. The molecule has 146 valence electrons. The maximum Gasteiger partial charge on any atom is 0.221 e. The van der Waals surface area contributed by atoms with Crippen LogP contribution in [-0.4, -0.2) is 18.0 Å². The summed E-state index contributed by atoms with van der Waals surface area (Å²) in [5, 5.41) is 6.79. The Hall–Kier alpha value is -2.10. The molecule has 0 spiro atoms. The molecule has 0 aromatic heterocycles. The van der Waals surface area contributed by atoms with Gasteiger partial charge in [0.05, 0.1) is 12.1 Å². The van der Waals surface area contributed by atoms with Crippen LogP contribution in [-0.2, 0) is 4.79 Å². The minimum atomic E-state index is -0.220. The van der Waals surface area contributed by atoms with E-state index in [0.717, 1.165) is 18.5 Å². The van der Waals surface area contributed by atoms with E-state index in [0.29, 0.717) is 6.42 Å². The van der Waals surface area contributed by atoms with Crippen LogP contribution < -0.4 is 10.6 Å². The van der Waals surface area contributed by atoms with E-state index in [9.17, 15) is 9.18 Å². The number of benzene rings is 1. The van der Waals surface area contributed by atoms with E-state index >= 15 is 0 Å². The standard InChI is InChI=1S/C23H31FN2O/c1-14-12-19-18(15(2)22(14)26-21(27)13-23(3,4)5)10-11-20(19)25-17-8-6-16(24)7-9-17/h6-9,12,14,20,22,25H,10-11,13H2,1-5H3,(H,26,27). The minimum Gasteiger partial charge on any atom is -0.378 e. The number of carbonyl (C=O) groups excluding carboxylic acids is 1. The van der Waals surface area contributed by atoms with Crippen LogP contribution in [0.5, 0.6) is 0 Å². The first kappa shape index (κ1) is 19.7. The highest BCUT2D eigenvalue weighted by Gasteiger charge is 2.35. The number of hydrogen-bond donors (Lipinski definition) is 2. The molecule has 27 heavy (non-hydrogen) atoms. The van der Waals surface area contributed by atoms with Crippen molar-refractivity contribution in [3.63, 3.8) is 0 Å². The molecule has 2 N–H and O–H groups in total. The molecule has 1 saturated carbocycles. The van der Waals surface area contributed by atoms with E-state index in [1.165, 1.54) is 28.9 Å². The molecule has 0 saturated heterocycles. The fraction of sp³-hybridized carbons (Fsp3) is 0.522. The summed E-state index contributed by atoms with van der Waals surface area (Å²) in [6, 6.07) is 6.85. The maximum absolute atomic E-state index is 13.1. The third-order valence-corrected chi connectivity index (χ3v) is 5.51. The predicted octanol–water partition coefficient (Wildman–Crippen LogP) is 5.21. The average molecular weight is 371 g/mol. The molecule has 0 aliphatic heterocycles. The molecule has 0 bridgehead atoms. The predicted molar refractivity (Wildman–Crippen MR) is 109 cm³/mol. The molecule has 3 nitrogen and oxygen atoms in total. The van der Waals surface area contributed by atoms with Crippen molar-refractivity contribution in [3.05, 3.63) is 52.9 Å². The summed E-state index contributed by atoms with van der Waals surface area (Å²) in [6.45, 7) is 10.6. The van der Waals surface area contributed by atoms with Crippen molar-refractivity contribution >= 4 is 11.6 Å². The topological polar surface area (TPSA) is 41.1 Å². The van der Waals surface area contributed by atoms with Gasteiger partial charge < -0.3 is 10.6 Å². The minimum absolute atomic E-state index is 0.0123. The second kappa shape index (κ2) is 7.49. The van der Waals surface area contributed by atoms with Gasteiger partial charge in [-0.15, -0.1) is 0 Å². The summed E-state index contributed by atoms with van der Waals surface area (Å²) in [5.74, 6) is 0.154. The summed E-state index contributed by atoms with van der Waals surface area (Å²) >= 11 is 0. The van der Waals surface area contributed by atoms with Crippen LogP contribution in [0, 0.1) is 17.2 Å². The Labute approximate surface area is 162 Å². The molecule has 4 heteroatoms. The van der Waals surface area contributed by atoms with E-state index in [2.05, 4.69) is 51.3 Å². The first-order chi connectivity index (χ1) is 12.6. The van der Waals surface area contributed by atoms with Crippen LogP contribution >= 0.6 is 0 Å². The lowest BCUT2D eigenvalue weighted by molar-refractivity contribution is -0.123. The highest BCUT2D eigenvalue weighted by Crippen LogP contribution is 2.41. The van der Waals surface area contributed by atoms with Crippen LogP contribution in [0.1, 0.15) is 53.9 Å². The van der Waals surface area contributed by atoms with Gasteiger partial charge in [-0.1, -0.05) is 33.8 Å². The number of amides is 1. The van der Waals surface area contributed by atoms with Gasteiger partial charge in [-0.2, -0.15) is 0 Å². The second-order valence-electron chi connectivity index (χ2n) is 9.17. The number of rotatable bonds is 4. The molecule has 3 atom stereocenters. The average Bonchev–Trinajstić information content (AvgIpc) is 2.95. The largest absolute Gasteiger partial charge is 0.378 e. The number of halogens is 1. The summed E-state index contributed by atoms with van der Waals surface area (Å²) in [6.07, 6.45) is 4.86. The summed E-state index contributed by atoms with van der Waals surface area (Å²) in [4.78, 5) is 12.4. The van der Waals surface area contributed by atoms with Crippen LogP contribution in [0.4, 0.5) is 10.1 Å². The first-order valence-corrected chi connectivity index (χ1v) is 9.87. The molecule has 2 aliphatic rings. The van der Waals surface area contributed by atoms with E-state index < -0.39 is 0 Å². The van der Waals surface area contributed by atoms with E-state index in [-0.39, 0.29) is 35.1 Å². The van der Waals surface area contributed by atoms with Crippen molar-refractivity contribution in [1.82, 2.24) is 5.32 Å². The Morgan fingerprint density at radius 1 is 1.22 bits per heavy atom. The number of carbonyl (C=O) groups is 1. The molecule has 2 aliphatic carbocycles. The highest BCUT2D eigenvalue weighted by molar-refractivity contribution is 5.77. The van der Waals surface area contributed by atoms with Gasteiger partial charge in [0.2, 0.25) is 5.91 Å². The first-order valence-electron chi connectivity index (χ1n) is 9.87. The van der Waals surface area contributed by atoms with Crippen LogP contribution in [0.25, 0.3) is 0 Å². The smallest absolute Gasteiger partial charge is 0.221 e. The van der Waals surface area contributed by atoms with Gasteiger partial charge in [0.25, 0.3) is 0 Å². The normalized spacial score (nSPS) is 25.1. The van der Waals surface area contributed by atoms with Crippen molar-refractivity contribution in [2.45, 2.75) is 66.0 Å². The van der Waals surface area contributed by atoms with Crippen LogP contribution in [0.15, 0.2) is 47.1 Å². The van der Waals surface area contributed by atoms with Crippen molar-refractivity contribution in [3.8, 4) is 0 Å². The van der Waals surface area contributed by atoms with Gasteiger partial charge in [0, 0.05) is 12.1 Å². The summed E-state index contributed by atoms with van der Waals surface area (Å²) in [5.41, 5.74) is 4.92. The summed E-state index contributed by atoms with van der Waals surface area (Å²) in [7, 11) is 0. The maximum atomic E-state index is 13.1. The zero-order valence-electron chi connectivity index (χ0n) is 17.0. The van der Waals surface area contributed by atoms with Gasteiger partial charge in [-0.3, -0.25) is 4.79 Å². The van der Waals surface area contributed by atoms with E-state index in [4.69, 9.17) is 0 Å². The van der Waals surface area contributed by atoms with Crippen LogP contribution in [0.2, 0.25) is 0 Å². The van der Waals surface area contributed by atoms with Gasteiger partial charge >= 0.3 is 0 Å². The number of anilines is 1. The molecule has 3 unspecified atom stereocenters. The molecule has 3 rings (SSSR count).